The minimum Gasteiger partial charge on any atom is -0.466 e. The van der Waals surface area contributed by atoms with Gasteiger partial charge in [-0.05, 0) is 27.7 Å². The van der Waals surface area contributed by atoms with E-state index in [0.717, 1.165) is 11.0 Å². The number of aromatic nitrogens is 4. The molecule has 0 aromatic carbocycles. The van der Waals surface area contributed by atoms with E-state index < -0.39 is 0 Å². The van der Waals surface area contributed by atoms with Crippen molar-refractivity contribution >= 4 is 22.8 Å². The molecule has 2 heterocycles. The van der Waals surface area contributed by atoms with Crippen LogP contribution in [0.2, 0.25) is 0 Å². The molecule has 1 N–H and O–H groups in total. The Kier molecular flexibility index (Phi) is 4.40. The van der Waals surface area contributed by atoms with Crippen LogP contribution in [-0.2, 0) is 16.6 Å². The van der Waals surface area contributed by atoms with E-state index in [2.05, 4.69) is 20.4 Å². The second-order valence-corrected chi connectivity index (χ2v) is 5.10. The fourth-order valence-electron chi connectivity index (χ4n) is 2.06. The highest BCUT2D eigenvalue weighted by Gasteiger charge is 2.22. The number of nitrogens with one attached hydrogen (secondary N) is 1. The molecule has 0 saturated heterocycles. The van der Waals surface area contributed by atoms with Crippen molar-refractivity contribution in [3.8, 4) is 0 Å². The second kappa shape index (κ2) is 6.07. The summed E-state index contributed by atoms with van der Waals surface area (Å²) < 4.78 is 6.75. The zero-order valence-corrected chi connectivity index (χ0v) is 13.0. The van der Waals surface area contributed by atoms with E-state index in [9.17, 15) is 4.79 Å². The smallest absolute Gasteiger partial charge is 0.310 e. The van der Waals surface area contributed by atoms with E-state index in [1.54, 1.807) is 17.8 Å². The molecule has 2 atom stereocenters. The van der Waals surface area contributed by atoms with Crippen LogP contribution in [0.25, 0.3) is 11.0 Å². The summed E-state index contributed by atoms with van der Waals surface area (Å²) in [4.78, 5) is 20.6. The Morgan fingerprint density at radius 2 is 2.14 bits per heavy atom. The van der Waals surface area contributed by atoms with Crippen LogP contribution in [0.4, 0.5) is 5.82 Å². The van der Waals surface area contributed by atoms with Gasteiger partial charge in [0.2, 0.25) is 0 Å². The monoisotopic (exact) mass is 291 g/mol. The van der Waals surface area contributed by atoms with Gasteiger partial charge in [0.05, 0.1) is 24.1 Å². The van der Waals surface area contributed by atoms with E-state index in [1.165, 1.54) is 0 Å². The van der Waals surface area contributed by atoms with Crippen LogP contribution in [0, 0.1) is 12.8 Å². The van der Waals surface area contributed by atoms with Crippen molar-refractivity contribution in [1.29, 1.82) is 0 Å². The number of hydrogen-bond donors (Lipinski definition) is 1. The van der Waals surface area contributed by atoms with Crippen LogP contribution >= 0.6 is 0 Å². The standard InChI is InChI=1S/C14H21N5O2/c1-6-21-14(20)8(2)9(3)16-12-11-7-15-19(5)13(11)18-10(4)17-12/h7-9H,6H2,1-5H3,(H,16,17,18)/t8-,9+/m0/s1. The molecule has 21 heavy (non-hydrogen) atoms. The van der Waals surface area contributed by atoms with Crippen LogP contribution < -0.4 is 5.32 Å². The van der Waals surface area contributed by atoms with Crippen LogP contribution in [-0.4, -0.2) is 38.4 Å². The molecule has 0 aliphatic rings. The normalized spacial score (nSPS) is 14.0. The molecule has 0 fully saturated rings. The third kappa shape index (κ3) is 3.12. The first-order chi connectivity index (χ1) is 9.93. The maximum Gasteiger partial charge on any atom is 0.310 e. The Bertz CT molecular complexity index is 652. The first kappa shape index (κ1) is 15.2. The second-order valence-electron chi connectivity index (χ2n) is 5.10. The van der Waals surface area contributed by atoms with E-state index in [4.69, 9.17) is 4.74 Å². The van der Waals surface area contributed by atoms with E-state index in [0.29, 0.717) is 18.2 Å². The summed E-state index contributed by atoms with van der Waals surface area (Å²) in [6.07, 6.45) is 1.72. The SMILES string of the molecule is CCOC(=O)[C@@H](C)[C@@H](C)Nc1nc(C)nc2c1cnn2C. The predicted molar refractivity (Wildman–Crippen MR) is 79.9 cm³/mol. The van der Waals surface area contributed by atoms with Crippen molar-refractivity contribution < 1.29 is 9.53 Å². The summed E-state index contributed by atoms with van der Waals surface area (Å²) >= 11 is 0. The molecule has 7 nitrogen and oxygen atoms in total. The fraction of sp³-hybridized carbons (Fsp3) is 0.571. The third-order valence-electron chi connectivity index (χ3n) is 3.48. The number of aryl methyl sites for hydroxylation is 2. The number of anilines is 1. The molecule has 0 radical (unpaired) electrons. The average molecular weight is 291 g/mol. The molecule has 2 aromatic rings. The Morgan fingerprint density at radius 3 is 2.81 bits per heavy atom. The Balaban J connectivity index is 2.25. The summed E-state index contributed by atoms with van der Waals surface area (Å²) in [5, 5.41) is 8.31. The van der Waals surface area contributed by atoms with E-state index in [1.807, 2.05) is 27.8 Å². The Labute approximate surface area is 123 Å². The minimum absolute atomic E-state index is 0.109. The molecule has 2 aromatic heterocycles. The lowest BCUT2D eigenvalue weighted by atomic mass is 10.0. The van der Waals surface area contributed by atoms with Crippen molar-refractivity contribution in [2.45, 2.75) is 33.7 Å². The third-order valence-corrected chi connectivity index (χ3v) is 3.48. The number of carbonyl (C=O) groups is 1. The molecule has 7 heteroatoms. The quantitative estimate of drug-likeness (QED) is 0.844. The fourth-order valence-corrected chi connectivity index (χ4v) is 2.06. The van der Waals surface area contributed by atoms with Gasteiger partial charge in [0.25, 0.3) is 0 Å². The number of esters is 1. The summed E-state index contributed by atoms with van der Waals surface area (Å²) in [5.41, 5.74) is 0.765. The Hall–Kier alpha value is -2.18. The highest BCUT2D eigenvalue weighted by molar-refractivity contribution is 5.86. The average Bonchev–Trinajstić information content (AvgIpc) is 2.80. The Morgan fingerprint density at radius 1 is 1.43 bits per heavy atom. The van der Waals surface area contributed by atoms with Gasteiger partial charge in [-0.3, -0.25) is 9.48 Å². The zero-order valence-electron chi connectivity index (χ0n) is 13.0. The predicted octanol–water partition coefficient (Wildman–Crippen LogP) is 1.67. The minimum atomic E-state index is -0.271. The molecule has 0 aliphatic heterocycles. The van der Waals surface area contributed by atoms with Gasteiger partial charge in [-0.2, -0.15) is 5.10 Å². The molecule has 0 unspecified atom stereocenters. The molecule has 114 valence electrons. The van der Waals surface area contributed by atoms with Gasteiger partial charge in [0, 0.05) is 13.1 Å². The number of hydrogen-bond acceptors (Lipinski definition) is 6. The molecule has 0 amide bonds. The van der Waals surface area contributed by atoms with Crippen molar-refractivity contribution in [3.63, 3.8) is 0 Å². The maximum absolute atomic E-state index is 11.8. The topological polar surface area (TPSA) is 81.9 Å². The van der Waals surface area contributed by atoms with Crippen LogP contribution in [0.3, 0.4) is 0 Å². The summed E-state index contributed by atoms with van der Waals surface area (Å²) in [6, 6.07) is -0.109. The van der Waals surface area contributed by atoms with E-state index in [-0.39, 0.29) is 17.9 Å². The zero-order chi connectivity index (χ0) is 15.6. The number of ether oxygens (including phenoxy) is 1. The van der Waals surface area contributed by atoms with Crippen molar-refractivity contribution in [2.24, 2.45) is 13.0 Å². The first-order valence-corrected chi connectivity index (χ1v) is 7.03. The van der Waals surface area contributed by atoms with Gasteiger partial charge in [0.1, 0.15) is 11.6 Å². The number of nitrogens with zero attached hydrogens (tertiary/aromatic N) is 4. The highest BCUT2D eigenvalue weighted by atomic mass is 16.5. The largest absolute Gasteiger partial charge is 0.466 e. The molecule has 0 spiro atoms. The molecule has 0 bridgehead atoms. The maximum atomic E-state index is 11.8. The van der Waals surface area contributed by atoms with Gasteiger partial charge < -0.3 is 10.1 Å². The van der Waals surface area contributed by atoms with Crippen molar-refractivity contribution in [2.75, 3.05) is 11.9 Å². The molecular formula is C14H21N5O2. The van der Waals surface area contributed by atoms with E-state index >= 15 is 0 Å². The van der Waals surface area contributed by atoms with Crippen LogP contribution in [0.5, 0.6) is 0 Å². The van der Waals surface area contributed by atoms with Crippen molar-refractivity contribution in [1.82, 2.24) is 19.7 Å². The van der Waals surface area contributed by atoms with Gasteiger partial charge >= 0.3 is 5.97 Å². The molecule has 0 saturated carbocycles. The van der Waals surface area contributed by atoms with Gasteiger partial charge in [-0.1, -0.05) is 0 Å². The van der Waals surface area contributed by atoms with Gasteiger partial charge in [-0.25, -0.2) is 9.97 Å². The highest BCUT2D eigenvalue weighted by Crippen LogP contribution is 2.21. The van der Waals surface area contributed by atoms with Crippen LogP contribution in [0.1, 0.15) is 26.6 Å². The molecular weight excluding hydrogens is 270 g/mol. The molecule has 2 rings (SSSR count). The van der Waals surface area contributed by atoms with Crippen molar-refractivity contribution in [3.05, 3.63) is 12.0 Å². The van der Waals surface area contributed by atoms with Crippen LogP contribution in [0.15, 0.2) is 6.20 Å². The summed E-state index contributed by atoms with van der Waals surface area (Å²) in [6.45, 7) is 7.79. The van der Waals surface area contributed by atoms with Gasteiger partial charge in [-0.15, -0.1) is 0 Å². The summed E-state index contributed by atoms with van der Waals surface area (Å²) in [7, 11) is 1.84. The number of rotatable bonds is 5. The summed E-state index contributed by atoms with van der Waals surface area (Å²) in [5.74, 6) is 0.858. The molecule has 0 aliphatic carbocycles. The lowest BCUT2D eigenvalue weighted by Crippen LogP contribution is -2.31. The lowest BCUT2D eigenvalue weighted by molar-refractivity contribution is -0.147. The first-order valence-electron chi connectivity index (χ1n) is 7.03. The lowest BCUT2D eigenvalue weighted by Gasteiger charge is -2.20. The number of fused-ring (bicyclic) bond motifs is 1. The number of carbonyl (C=O) groups excluding carboxylic acids is 1. The van der Waals surface area contributed by atoms with Gasteiger partial charge in [0.15, 0.2) is 5.65 Å².